The van der Waals surface area contributed by atoms with E-state index in [1.807, 2.05) is 0 Å². The molecule has 1 aliphatic rings. The number of benzene rings is 2. The highest BCUT2D eigenvalue weighted by Gasteiger charge is 2.31. The predicted octanol–water partition coefficient (Wildman–Crippen LogP) is 1.90. The molecule has 27 heavy (non-hydrogen) atoms. The fraction of sp³-hybridized carbons (Fsp3) is 0.118. The summed E-state index contributed by atoms with van der Waals surface area (Å²) in [6, 6.07) is 11.6. The lowest BCUT2D eigenvalue weighted by Crippen LogP contribution is -2.55. The van der Waals surface area contributed by atoms with Crippen LogP contribution < -0.4 is 19.8 Å². The minimum absolute atomic E-state index is 0.365. The third kappa shape index (κ3) is 4.01. The van der Waals surface area contributed by atoms with Crippen molar-refractivity contribution in [3.63, 3.8) is 0 Å². The summed E-state index contributed by atoms with van der Waals surface area (Å²) in [7, 11) is 1.56. The molecule has 9 nitrogen and oxygen atoms in total. The Hall–Kier alpha value is -3.11. The maximum absolute atomic E-state index is 11.5. The molecule has 0 fully saturated rings. The van der Waals surface area contributed by atoms with Crippen LogP contribution in [0, 0.1) is 0 Å². The number of ether oxygens (including phenoxy) is 2. The first-order valence-electron chi connectivity index (χ1n) is 7.60. The van der Waals surface area contributed by atoms with E-state index in [-0.39, 0.29) is 0 Å². The van der Waals surface area contributed by atoms with E-state index in [0.717, 1.165) is 9.48 Å². The van der Waals surface area contributed by atoms with Gasteiger partial charge in [-0.2, -0.15) is 5.10 Å². The average molecular weight is 436 g/mol. The van der Waals surface area contributed by atoms with E-state index < -0.39 is 23.9 Å². The van der Waals surface area contributed by atoms with Crippen molar-refractivity contribution in [1.82, 2.24) is 5.32 Å². The molecule has 0 bridgehead atoms. The van der Waals surface area contributed by atoms with E-state index in [1.54, 1.807) is 49.6 Å². The number of carboxylic acid groups (broad SMARTS) is 1. The fourth-order valence-corrected chi connectivity index (χ4v) is 2.83. The summed E-state index contributed by atoms with van der Waals surface area (Å²) in [5, 5.41) is 25.7. The maximum atomic E-state index is 11.5. The van der Waals surface area contributed by atoms with Gasteiger partial charge < -0.3 is 25.0 Å². The number of aliphatic hydroxyl groups excluding tert-OH is 1. The number of anilines is 1. The number of amides is 1. The average Bonchev–Trinajstić information content (AvgIpc) is 2.62. The van der Waals surface area contributed by atoms with Crippen LogP contribution >= 0.6 is 15.9 Å². The van der Waals surface area contributed by atoms with Crippen molar-refractivity contribution in [1.29, 1.82) is 0 Å². The molecule has 1 atom stereocenters. The van der Waals surface area contributed by atoms with Crippen LogP contribution in [-0.4, -0.2) is 41.3 Å². The van der Waals surface area contributed by atoms with Gasteiger partial charge in [0.2, 0.25) is 12.1 Å². The summed E-state index contributed by atoms with van der Waals surface area (Å²) < 4.78 is 11.6. The monoisotopic (exact) mass is 435 g/mol. The van der Waals surface area contributed by atoms with Gasteiger partial charge in [-0.3, -0.25) is 4.79 Å². The molecule has 0 saturated heterocycles. The van der Waals surface area contributed by atoms with E-state index in [4.69, 9.17) is 14.6 Å². The molecule has 10 heteroatoms. The normalized spacial score (nSPS) is 16.4. The highest BCUT2D eigenvalue weighted by molar-refractivity contribution is 9.10. The summed E-state index contributed by atoms with van der Waals surface area (Å²) in [6.07, 6.45) is -1.48. The number of aliphatic carboxylic acids is 1. The Bertz CT molecular complexity index is 915. The van der Waals surface area contributed by atoms with Crippen LogP contribution in [-0.2, 0) is 9.59 Å². The maximum Gasteiger partial charge on any atom is 0.362 e. The molecule has 1 aliphatic heterocycles. The number of hydrazone groups is 1. The summed E-state index contributed by atoms with van der Waals surface area (Å²) >= 11 is 3.38. The van der Waals surface area contributed by atoms with Gasteiger partial charge in [-0.05, 0) is 58.4 Å². The largest absolute Gasteiger partial charge is 0.496 e. The molecule has 0 saturated carbocycles. The van der Waals surface area contributed by atoms with Crippen LogP contribution in [0.25, 0.3) is 0 Å². The highest BCUT2D eigenvalue weighted by Crippen LogP contribution is 2.32. The summed E-state index contributed by atoms with van der Waals surface area (Å²) in [5.41, 5.74) is -0.353. The standard InChI is InChI=1S/C17H14BrN3O6/c1-26-13-7-6-11(8-12(13)18)27-10-4-2-9(3-5-10)21-17(25)19-15(22)14(20-21)16(23)24/h2-8,17,25H,1H3,(H,19,22)(H,23,24). The third-order valence-electron chi connectivity index (χ3n) is 3.58. The summed E-state index contributed by atoms with van der Waals surface area (Å²) in [5.74, 6) is -0.697. The molecule has 1 unspecified atom stereocenters. The molecule has 0 spiro atoms. The molecule has 0 radical (unpaired) electrons. The van der Waals surface area contributed by atoms with E-state index in [1.165, 1.54) is 0 Å². The second-order valence-electron chi connectivity index (χ2n) is 5.34. The number of hydrogen-bond acceptors (Lipinski definition) is 7. The molecule has 0 aliphatic carbocycles. The van der Waals surface area contributed by atoms with Crippen LogP contribution in [0.4, 0.5) is 5.69 Å². The molecule has 3 rings (SSSR count). The topological polar surface area (TPSA) is 121 Å². The molecule has 2 aromatic rings. The van der Waals surface area contributed by atoms with Gasteiger partial charge in [0, 0.05) is 0 Å². The van der Waals surface area contributed by atoms with Crippen molar-refractivity contribution in [2.24, 2.45) is 5.10 Å². The first kappa shape index (κ1) is 18.7. The van der Waals surface area contributed by atoms with Gasteiger partial charge in [0.25, 0.3) is 5.91 Å². The van der Waals surface area contributed by atoms with Crippen molar-refractivity contribution in [3.8, 4) is 17.2 Å². The Labute approximate surface area is 161 Å². The highest BCUT2D eigenvalue weighted by atomic mass is 79.9. The van der Waals surface area contributed by atoms with Gasteiger partial charge >= 0.3 is 5.97 Å². The molecule has 1 amide bonds. The van der Waals surface area contributed by atoms with Crippen molar-refractivity contribution >= 4 is 39.2 Å². The molecule has 1 heterocycles. The van der Waals surface area contributed by atoms with Gasteiger partial charge in [-0.25, -0.2) is 9.80 Å². The van der Waals surface area contributed by atoms with E-state index >= 15 is 0 Å². The van der Waals surface area contributed by atoms with Crippen molar-refractivity contribution in [3.05, 3.63) is 46.9 Å². The molecular formula is C17H14BrN3O6. The second-order valence-corrected chi connectivity index (χ2v) is 6.19. The number of carbonyl (C=O) groups is 2. The molecule has 140 valence electrons. The molecule has 3 N–H and O–H groups in total. The predicted molar refractivity (Wildman–Crippen MR) is 98.9 cm³/mol. The lowest BCUT2D eigenvalue weighted by Gasteiger charge is -2.29. The van der Waals surface area contributed by atoms with Gasteiger partial charge in [0.1, 0.15) is 17.2 Å². The van der Waals surface area contributed by atoms with Crippen molar-refractivity contribution in [2.75, 3.05) is 12.1 Å². The number of carboxylic acids is 1. The number of rotatable bonds is 5. The van der Waals surface area contributed by atoms with Gasteiger partial charge in [0.05, 0.1) is 17.3 Å². The van der Waals surface area contributed by atoms with Crippen LogP contribution in [0.1, 0.15) is 0 Å². The first-order chi connectivity index (χ1) is 12.9. The quantitative estimate of drug-likeness (QED) is 0.655. The zero-order valence-electron chi connectivity index (χ0n) is 13.9. The Kier molecular flexibility index (Phi) is 5.28. The van der Waals surface area contributed by atoms with Crippen LogP contribution in [0.5, 0.6) is 17.2 Å². The second kappa shape index (κ2) is 7.64. The summed E-state index contributed by atoms with van der Waals surface area (Å²) in [4.78, 5) is 22.6. The van der Waals surface area contributed by atoms with Gasteiger partial charge in [-0.15, -0.1) is 0 Å². The number of hydrogen-bond donors (Lipinski definition) is 3. The zero-order valence-corrected chi connectivity index (χ0v) is 15.5. The summed E-state index contributed by atoms with van der Waals surface area (Å²) in [6.45, 7) is 0. The lowest BCUT2D eigenvalue weighted by molar-refractivity contribution is -0.131. The van der Waals surface area contributed by atoms with Crippen molar-refractivity contribution < 1.29 is 29.3 Å². The minimum atomic E-state index is -1.49. The molecule has 0 aromatic heterocycles. The SMILES string of the molecule is COc1ccc(Oc2ccc(N3N=C(C(=O)O)C(=O)NC3O)cc2)cc1Br. The Morgan fingerprint density at radius 3 is 2.48 bits per heavy atom. The van der Waals surface area contributed by atoms with Crippen LogP contribution in [0.3, 0.4) is 0 Å². The Morgan fingerprint density at radius 1 is 1.22 bits per heavy atom. The number of aliphatic hydroxyl groups is 1. The molecule has 2 aromatic carbocycles. The van der Waals surface area contributed by atoms with Gasteiger partial charge in [-0.1, -0.05) is 0 Å². The number of nitrogens with one attached hydrogen (secondary N) is 1. The molecular weight excluding hydrogens is 422 g/mol. The zero-order chi connectivity index (χ0) is 19.6. The fourth-order valence-electron chi connectivity index (χ4n) is 2.31. The number of carbonyl (C=O) groups excluding carboxylic acids is 1. The van der Waals surface area contributed by atoms with E-state index in [0.29, 0.717) is 22.9 Å². The van der Waals surface area contributed by atoms with E-state index in [2.05, 4.69) is 26.3 Å². The lowest BCUT2D eigenvalue weighted by atomic mass is 10.2. The third-order valence-corrected chi connectivity index (χ3v) is 4.20. The Balaban J connectivity index is 1.80. The van der Waals surface area contributed by atoms with Crippen LogP contribution in [0.2, 0.25) is 0 Å². The van der Waals surface area contributed by atoms with Crippen LogP contribution in [0.15, 0.2) is 52.0 Å². The Morgan fingerprint density at radius 2 is 1.89 bits per heavy atom. The van der Waals surface area contributed by atoms with Gasteiger partial charge in [0.15, 0.2) is 0 Å². The minimum Gasteiger partial charge on any atom is -0.496 e. The number of methoxy groups -OCH3 is 1. The smallest absolute Gasteiger partial charge is 0.362 e. The first-order valence-corrected chi connectivity index (χ1v) is 8.40. The number of halogens is 1. The van der Waals surface area contributed by atoms with E-state index in [9.17, 15) is 14.7 Å². The van der Waals surface area contributed by atoms with Crippen molar-refractivity contribution in [2.45, 2.75) is 6.35 Å². The number of nitrogens with zero attached hydrogens (tertiary/aromatic N) is 2.